The largest absolute Gasteiger partial charge is 0.389 e. The van der Waals surface area contributed by atoms with Crippen molar-refractivity contribution in [3.05, 3.63) is 29.8 Å². The number of anilines is 1. The van der Waals surface area contributed by atoms with Gasteiger partial charge >= 0.3 is 0 Å². The van der Waals surface area contributed by atoms with Crippen LogP contribution in [-0.4, -0.2) is 31.0 Å². The van der Waals surface area contributed by atoms with Gasteiger partial charge in [-0.05, 0) is 43.4 Å². The van der Waals surface area contributed by atoms with Gasteiger partial charge in [-0.2, -0.15) is 0 Å². The standard InChI is InChI=1S/C14H21NO2/c1-11-3-2-4-13(7-11)15-8-14(16)10-17-9-12-5-6-12/h2-4,7,12,14-16H,5-6,8-10H2,1H3. The molecule has 0 amide bonds. The Kier molecular flexibility index (Phi) is 4.40. The second-order valence-corrected chi connectivity index (χ2v) is 4.89. The van der Waals surface area contributed by atoms with Gasteiger partial charge in [-0.15, -0.1) is 0 Å². The zero-order valence-electron chi connectivity index (χ0n) is 10.4. The van der Waals surface area contributed by atoms with Crippen LogP contribution in [0.25, 0.3) is 0 Å². The fourth-order valence-corrected chi connectivity index (χ4v) is 1.70. The maximum atomic E-state index is 9.73. The molecule has 1 aromatic rings. The number of nitrogens with one attached hydrogen (secondary N) is 1. The lowest BCUT2D eigenvalue weighted by Crippen LogP contribution is -2.25. The fraction of sp³-hybridized carbons (Fsp3) is 0.571. The van der Waals surface area contributed by atoms with Crippen molar-refractivity contribution in [3.8, 4) is 0 Å². The van der Waals surface area contributed by atoms with Crippen molar-refractivity contribution in [1.82, 2.24) is 0 Å². The Labute approximate surface area is 103 Å². The fourth-order valence-electron chi connectivity index (χ4n) is 1.70. The minimum absolute atomic E-state index is 0.426. The van der Waals surface area contributed by atoms with Crippen molar-refractivity contribution in [2.45, 2.75) is 25.9 Å². The van der Waals surface area contributed by atoms with Crippen LogP contribution in [0.1, 0.15) is 18.4 Å². The molecule has 0 radical (unpaired) electrons. The second kappa shape index (κ2) is 6.03. The average Bonchev–Trinajstić information content (AvgIpc) is 3.11. The number of ether oxygens (including phenoxy) is 1. The molecule has 1 fully saturated rings. The zero-order chi connectivity index (χ0) is 12.1. The van der Waals surface area contributed by atoms with E-state index in [0.717, 1.165) is 18.2 Å². The topological polar surface area (TPSA) is 41.5 Å². The molecule has 1 aliphatic carbocycles. The Morgan fingerprint density at radius 2 is 2.29 bits per heavy atom. The quantitative estimate of drug-likeness (QED) is 0.761. The number of benzene rings is 1. The van der Waals surface area contributed by atoms with Gasteiger partial charge in [0.25, 0.3) is 0 Å². The zero-order valence-corrected chi connectivity index (χ0v) is 10.4. The van der Waals surface area contributed by atoms with Gasteiger partial charge in [-0.25, -0.2) is 0 Å². The highest BCUT2D eigenvalue weighted by Gasteiger charge is 2.21. The molecule has 0 heterocycles. The Balaban J connectivity index is 1.62. The third kappa shape index (κ3) is 4.75. The molecular weight excluding hydrogens is 214 g/mol. The van der Waals surface area contributed by atoms with Crippen molar-refractivity contribution in [2.75, 3.05) is 25.1 Å². The molecule has 0 spiro atoms. The molecule has 3 heteroatoms. The van der Waals surface area contributed by atoms with Crippen molar-refractivity contribution >= 4 is 5.69 Å². The van der Waals surface area contributed by atoms with Gasteiger partial charge in [0.1, 0.15) is 0 Å². The van der Waals surface area contributed by atoms with Crippen LogP contribution in [0, 0.1) is 12.8 Å². The number of aliphatic hydroxyl groups is 1. The van der Waals surface area contributed by atoms with E-state index in [1.165, 1.54) is 18.4 Å². The highest BCUT2D eigenvalue weighted by molar-refractivity contribution is 5.45. The smallest absolute Gasteiger partial charge is 0.0945 e. The molecule has 0 aromatic heterocycles. The van der Waals surface area contributed by atoms with E-state index in [1.54, 1.807) is 0 Å². The Hall–Kier alpha value is -1.06. The van der Waals surface area contributed by atoms with E-state index in [0.29, 0.717) is 13.2 Å². The minimum Gasteiger partial charge on any atom is -0.389 e. The van der Waals surface area contributed by atoms with Crippen molar-refractivity contribution in [1.29, 1.82) is 0 Å². The first-order chi connectivity index (χ1) is 8.24. The molecule has 3 nitrogen and oxygen atoms in total. The van der Waals surface area contributed by atoms with Crippen LogP contribution in [0.3, 0.4) is 0 Å². The first kappa shape index (κ1) is 12.4. The lowest BCUT2D eigenvalue weighted by molar-refractivity contribution is 0.0386. The second-order valence-electron chi connectivity index (χ2n) is 4.89. The molecule has 2 rings (SSSR count). The summed E-state index contributed by atoms with van der Waals surface area (Å²) in [5.74, 6) is 0.756. The molecule has 1 atom stereocenters. The Morgan fingerprint density at radius 1 is 1.47 bits per heavy atom. The van der Waals surface area contributed by atoms with Crippen LogP contribution in [0.4, 0.5) is 5.69 Å². The van der Waals surface area contributed by atoms with E-state index in [-0.39, 0.29) is 0 Å². The number of aryl methyl sites for hydroxylation is 1. The normalized spacial score (nSPS) is 16.8. The summed E-state index contributed by atoms with van der Waals surface area (Å²) in [4.78, 5) is 0. The van der Waals surface area contributed by atoms with Gasteiger partial charge in [0.15, 0.2) is 0 Å². The van der Waals surface area contributed by atoms with E-state index < -0.39 is 6.10 Å². The summed E-state index contributed by atoms with van der Waals surface area (Å²) in [5, 5.41) is 12.9. The SMILES string of the molecule is Cc1cccc(NCC(O)COCC2CC2)c1. The summed E-state index contributed by atoms with van der Waals surface area (Å²) in [6.45, 7) is 3.82. The van der Waals surface area contributed by atoms with Crippen molar-refractivity contribution < 1.29 is 9.84 Å². The number of hydrogen-bond acceptors (Lipinski definition) is 3. The first-order valence-electron chi connectivity index (χ1n) is 6.30. The third-order valence-electron chi connectivity index (χ3n) is 2.92. The summed E-state index contributed by atoms with van der Waals surface area (Å²) in [6, 6.07) is 8.14. The monoisotopic (exact) mass is 235 g/mol. The van der Waals surface area contributed by atoms with Gasteiger partial charge in [0.05, 0.1) is 12.7 Å². The molecule has 0 saturated heterocycles. The van der Waals surface area contributed by atoms with Gasteiger partial charge < -0.3 is 15.2 Å². The van der Waals surface area contributed by atoms with Gasteiger partial charge in [0.2, 0.25) is 0 Å². The van der Waals surface area contributed by atoms with Crippen LogP contribution in [0.15, 0.2) is 24.3 Å². The minimum atomic E-state index is -0.436. The lowest BCUT2D eigenvalue weighted by Gasteiger charge is -2.13. The lowest BCUT2D eigenvalue weighted by atomic mass is 10.2. The molecular formula is C14H21NO2. The molecule has 0 aliphatic heterocycles. The Morgan fingerprint density at radius 3 is 3.00 bits per heavy atom. The summed E-state index contributed by atoms with van der Waals surface area (Å²) in [5.41, 5.74) is 2.26. The van der Waals surface area contributed by atoms with E-state index in [1.807, 2.05) is 12.1 Å². The highest BCUT2D eigenvalue weighted by atomic mass is 16.5. The Bertz CT molecular complexity index is 350. The first-order valence-corrected chi connectivity index (χ1v) is 6.30. The summed E-state index contributed by atoms with van der Waals surface area (Å²) >= 11 is 0. The molecule has 1 unspecified atom stereocenters. The maximum Gasteiger partial charge on any atom is 0.0945 e. The van der Waals surface area contributed by atoms with Crippen LogP contribution < -0.4 is 5.32 Å². The third-order valence-corrected chi connectivity index (χ3v) is 2.92. The summed E-state index contributed by atoms with van der Waals surface area (Å²) < 4.78 is 5.44. The van der Waals surface area contributed by atoms with E-state index in [4.69, 9.17) is 4.74 Å². The van der Waals surface area contributed by atoms with Crippen LogP contribution in [0.2, 0.25) is 0 Å². The number of aliphatic hydroxyl groups excluding tert-OH is 1. The molecule has 2 N–H and O–H groups in total. The van der Waals surface area contributed by atoms with Gasteiger partial charge in [-0.1, -0.05) is 12.1 Å². The molecule has 1 saturated carbocycles. The van der Waals surface area contributed by atoms with Gasteiger partial charge in [0, 0.05) is 18.8 Å². The van der Waals surface area contributed by atoms with Gasteiger partial charge in [-0.3, -0.25) is 0 Å². The molecule has 1 aliphatic rings. The number of rotatable bonds is 7. The van der Waals surface area contributed by atoms with Crippen LogP contribution in [0.5, 0.6) is 0 Å². The summed E-state index contributed by atoms with van der Waals surface area (Å²) in [7, 11) is 0. The molecule has 0 bridgehead atoms. The van der Waals surface area contributed by atoms with E-state index >= 15 is 0 Å². The number of hydrogen-bond donors (Lipinski definition) is 2. The average molecular weight is 235 g/mol. The van der Waals surface area contributed by atoms with Crippen molar-refractivity contribution in [3.63, 3.8) is 0 Å². The molecule has 94 valence electrons. The van der Waals surface area contributed by atoms with Crippen molar-refractivity contribution in [2.24, 2.45) is 5.92 Å². The van der Waals surface area contributed by atoms with Crippen LogP contribution >= 0.6 is 0 Å². The maximum absolute atomic E-state index is 9.73. The van der Waals surface area contributed by atoms with E-state index in [9.17, 15) is 5.11 Å². The van der Waals surface area contributed by atoms with Crippen LogP contribution in [-0.2, 0) is 4.74 Å². The van der Waals surface area contributed by atoms with E-state index in [2.05, 4.69) is 24.4 Å². The summed E-state index contributed by atoms with van der Waals surface area (Å²) in [6.07, 6.45) is 2.14. The molecule has 17 heavy (non-hydrogen) atoms. The highest BCUT2D eigenvalue weighted by Crippen LogP contribution is 2.28. The molecule has 1 aromatic carbocycles. The predicted molar refractivity (Wildman–Crippen MR) is 69.2 cm³/mol. The predicted octanol–water partition coefficient (Wildman–Crippen LogP) is 2.19.